The molecule has 0 unspecified atom stereocenters. The number of hydrogen-bond donors (Lipinski definition) is 5. The molecule has 11 heteroatoms. The summed E-state index contributed by atoms with van der Waals surface area (Å²) in [5.74, 6) is -4.09. The molecule has 5 N–H and O–H groups in total. The van der Waals surface area contributed by atoms with Crippen LogP contribution in [-0.2, 0) is 28.7 Å². The van der Waals surface area contributed by atoms with Crippen molar-refractivity contribution in [2.24, 2.45) is 50.2 Å². The average Bonchev–Trinajstić information content (AvgIpc) is 3.08. The lowest BCUT2D eigenvalue weighted by molar-refractivity contribution is -0.202. The fourth-order valence-electron chi connectivity index (χ4n) is 12.1. The number of hydrogen-bond acceptors (Lipinski definition) is 8. The van der Waals surface area contributed by atoms with E-state index in [-0.39, 0.29) is 51.9 Å². The molecule has 54 heavy (non-hydrogen) atoms. The van der Waals surface area contributed by atoms with Crippen molar-refractivity contribution in [3.8, 4) is 11.5 Å². The van der Waals surface area contributed by atoms with Crippen molar-refractivity contribution in [3.05, 3.63) is 47.6 Å². The maximum absolute atomic E-state index is 13.7. The van der Waals surface area contributed by atoms with Crippen LogP contribution in [0.2, 0.25) is 0 Å². The van der Waals surface area contributed by atoms with Gasteiger partial charge in [0.25, 0.3) is 0 Å². The molecule has 6 rings (SSSR count). The molecular weight excluding hydrogens is 690 g/mol. The molecule has 0 saturated heterocycles. The number of esters is 1. The molecule has 0 aromatic heterocycles. The maximum Gasteiger partial charge on any atom is 0.330 e. The fraction of sp³-hybridized carbons (Fsp3) is 0.605. The zero-order chi connectivity index (χ0) is 39.6. The highest BCUT2D eigenvalue weighted by Crippen LogP contribution is 2.75. The summed E-state index contributed by atoms with van der Waals surface area (Å²) in [6.45, 7) is 13.3. The molecule has 0 aliphatic heterocycles. The quantitative estimate of drug-likeness (QED) is 0.0581. The molecule has 0 radical (unpaired) electrons. The molecule has 292 valence electrons. The van der Waals surface area contributed by atoms with Crippen LogP contribution in [-0.4, -0.2) is 56.6 Å². The molecule has 1 aromatic rings. The van der Waals surface area contributed by atoms with E-state index in [1.54, 1.807) is 0 Å². The number of carbonyl (C=O) groups is 5. The van der Waals surface area contributed by atoms with E-state index in [0.717, 1.165) is 62.3 Å². The Balaban J connectivity index is 1.36. The molecule has 7 atom stereocenters. The summed E-state index contributed by atoms with van der Waals surface area (Å²) in [7, 11) is 0. The van der Waals surface area contributed by atoms with Gasteiger partial charge in [-0.15, -0.1) is 0 Å². The van der Waals surface area contributed by atoms with Gasteiger partial charge >= 0.3 is 17.9 Å². The zero-order valence-electron chi connectivity index (χ0n) is 32.3. The molecule has 0 heterocycles. The van der Waals surface area contributed by atoms with Gasteiger partial charge in [-0.1, -0.05) is 53.2 Å². The average molecular weight is 746 g/mol. The first kappa shape index (κ1) is 39.3. The number of Topliss-reactive ketones (excluding diaryl/α,β-unsaturated/α-hetero) is 1. The highest BCUT2D eigenvalue weighted by Gasteiger charge is 2.71. The van der Waals surface area contributed by atoms with Gasteiger partial charge < -0.3 is 30.5 Å². The lowest BCUT2D eigenvalue weighted by Gasteiger charge is -2.70. The number of amides is 1. The number of carbonyl (C=O) groups excluding carboxylic acids is 3. The molecule has 1 amide bonds. The van der Waals surface area contributed by atoms with Crippen LogP contribution < -0.4 is 5.32 Å². The third-order valence-corrected chi connectivity index (χ3v) is 15.1. The predicted octanol–water partition coefficient (Wildman–Crippen LogP) is 7.67. The zero-order valence-corrected chi connectivity index (χ0v) is 32.3. The first-order valence-electron chi connectivity index (χ1n) is 19.2. The molecule has 4 fully saturated rings. The standard InChI is InChI=1S/C43H55NO10/c1-38(2)17-18-42(37(52)53)19-20-43(24-54-36(51)12-7-25-21-29(45)30(46)22-28(25)44-34(48)10-11-35(49)50)26(27(42)23-38)8-9-32-40(5)15-14-33(47)39(3,4)31(40)13-16-41(32,43)6/h7-8,10-12,21-22,27,31-32,45-46H,9,13-20,23-24H2,1-6H3,(H,44,48)(H,49,50)(H,52,53)/b11-10+,12-7+/t27-,31-,32+,40-,41+,42-,43-/m0/s1. The van der Waals surface area contributed by atoms with Crippen LogP contribution >= 0.6 is 0 Å². The highest BCUT2D eigenvalue weighted by molar-refractivity contribution is 6.04. The number of ketones is 1. The number of ether oxygens (including phenoxy) is 1. The summed E-state index contributed by atoms with van der Waals surface area (Å²) in [6.07, 6.45) is 13.2. The highest BCUT2D eigenvalue weighted by atomic mass is 16.5. The number of rotatable bonds is 8. The summed E-state index contributed by atoms with van der Waals surface area (Å²) >= 11 is 0. The summed E-state index contributed by atoms with van der Waals surface area (Å²) in [5, 5.41) is 42.5. The van der Waals surface area contributed by atoms with Crippen LogP contribution in [0.5, 0.6) is 11.5 Å². The summed E-state index contributed by atoms with van der Waals surface area (Å²) < 4.78 is 6.23. The number of aromatic hydroxyl groups is 2. The summed E-state index contributed by atoms with van der Waals surface area (Å²) in [6, 6.07) is 2.25. The van der Waals surface area contributed by atoms with E-state index in [1.165, 1.54) is 12.2 Å². The van der Waals surface area contributed by atoms with Crippen molar-refractivity contribution in [2.45, 2.75) is 106 Å². The SMILES string of the molecule is CC1(C)CC[C@]2(C(=O)O)CC[C@]3(COC(=O)/C=C/c4cc(O)c(O)cc4NC(=O)/C=C/C(=O)O)C(=CC[C@@H]4[C@@]5(C)CCC(=O)C(C)(C)[C@@H]5CC[C@]43C)[C@@H]2C1. The number of aliphatic carboxylic acids is 2. The van der Waals surface area contributed by atoms with E-state index < -0.39 is 51.6 Å². The Hall–Kier alpha value is -4.41. The van der Waals surface area contributed by atoms with Crippen molar-refractivity contribution in [1.29, 1.82) is 0 Å². The van der Waals surface area contributed by atoms with Gasteiger partial charge in [0.1, 0.15) is 12.4 Å². The van der Waals surface area contributed by atoms with E-state index in [1.807, 2.05) is 0 Å². The minimum absolute atomic E-state index is 0.0249. The van der Waals surface area contributed by atoms with Crippen LogP contribution in [0.3, 0.4) is 0 Å². The number of anilines is 1. The molecule has 0 spiro atoms. The third kappa shape index (κ3) is 6.25. The van der Waals surface area contributed by atoms with Crippen LogP contribution in [0.1, 0.15) is 111 Å². The summed E-state index contributed by atoms with van der Waals surface area (Å²) in [4.78, 5) is 63.4. The fourth-order valence-corrected chi connectivity index (χ4v) is 12.1. The van der Waals surface area contributed by atoms with Crippen LogP contribution in [0.15, 0.2) is 42.0 Å². The minimum atomic E-state index is -1.32. The van der Waals surface area contributed by atoms with Gasteiger partial charge in [-0.05, 0) is 104 Å². The van der Waals surface area contributed by atoms with E-state index in [2.05, 4.69) is 52.9 Å². The molecule has 5 aliphatic carbocycles. The van der Waals surface area contributed by atoms with Crippen molar-refractivity contribution >= 4 is 41.4 Å². The van der Waals surface area contributed by atoms with Crippen molar-refractivity contribution < 1.29 is 49.1 Å². The molecule has 5 aliphatic rings. The monoisotopic (exact) mass is 745 g/mol. The van der Waals surface area contributed by atoms with Gasteiger partial charge in [-0.3, -0.25) is 14.4 Å². The summed E-state index contributed by atoms with van der Waals surface area (Å²) in [5.41, 5.74) is -1.23. The van der Waals surface area contributed by atoms with Gasteiger partial charge in [-0.25, -0.2) is 9.59 Å². The second-order valence-electron chi connectivity index (χ2n) is 18.6. The Bertz CT molecular complexity index is 1870. The van der Waals surface area contributed by atoms with E-state index in [4.69, 9.17) is 9.84 Å². The van der Waals surface area contributed by atoms with Crippen LogP contribution in [0, 0.1) is 50.2 Å². The Morgan fingerprint density at radius 3 is 2.24 bits per heavy atom. The number of nitrogens with one attached hydrogen (secondary N) is 1. The van der Waals surface area contributed by atoms with Gasteiger partial charge in [0.2, 0.25) is 5.91 Å². The minimum Gasteiger partial charge on any atom is -0.504 e. The second kappa shape index (κ2) is 13.4. The number of carboxylic acids is 2. The Labute approximate surface area is 316 Å². The maximum atomic E-state index is 13.7. The van der Waals surface area contributed by atoms with Crippen LogP contribution in [0.25, 0.3) is 6.08 Å². The number of allylic oxidation sites excluding steroid dienone is 1. The predicted molar refractivity (Wildman–Crippen MR) is 201 cm³/mol. The lowest BCUT2D eigenvalue weighted by atomic mass is 9.33. The molecule has 0 bridgehead atoms. The Morgan fingerprint density at radius 2 is 1.56 bits per heavy atom. The third-order valence-electron chi connectivity index (χ3n) is 15.1. The lowest BCUT2D eigenvalue weighted by Crippen LogP contribution is -2.66. The molecule has 11 nitrogen and oxygen atoms in total. The number of phenols is 2. The number of phenolic OH excluding ortho intramolecular Hbond substituents is 2. The van der Waals surface area contributed by atoms with Gasteiger partial charge in [0, 0.05) is 47.1 Å². The van der Waals surface area contributed by atoms with Gasteiger partial charge in [-0.2, -0.15) is 0 Å². The topological polar surface area (TPSA) is 188 Å². The van der Waals surface area contributed by atoms with Crippen molar-refractivity contribution in [3.63, 3.8) is 0 Å². The molecule has 4 saturated carbocycles. The number of carboxylic acid groups (broad SMARTS) is 2. The van der Waals surface area contributed by atoms with Gasteiger partial charge in [0.15, 0.2) is 11.5 Å². The van der Waals surface area contributed by atoms with Crippen molar-refractivity contribution in [2.75, 3.05) is 11.9 Å². The molecular formula is C43H55NO10. The van der Waals surface area contributed by atoms with Crippen molar-refractivity contribution in [1.82, 2.24) is 0 Å². The first-order chi connectivity index (χ1) is 25.1. The Morgan fingerprint density at radius 1 is 0.870 bits per heavy atom. The van der Waals surface area contributed by atoms with E-state index >= 15 is 0 Å². The first-order valence-corrected chi connectivity index (χ1v) is 19.2. The van der Waals surface area contributed by atoms with E-state index in [9.17, 15) is 39.3 Å². The molecule has 1 aromatic carbocycles. The number of benzene rings is 1. The number of fused-ring (bicyclic) bond motifs is 7. The smallest absolute Gasteiger partial charge is 0.330 e. The van der Waals surface area contributed by atoms with Gasteiger partial charge in [0.05, 0.1) is 11.1 Å². The normalized spacial score (nSPS) is 35.2. The van der Waals surface area contributed by atoms with E-state index in [0.29, 0.717) is 37.5 Å². The second-order valence-corrected chi connectivity index (χ2v) is 18.6. The van der Waals surface area contributed by atoms with Crippen LogP contribution in [0.4, 0.5) is 5.69 Å². The largest absolute Gasteiger partial charge is 0.504 e. The Kier molecular flexibility index (Phi) is 9.76.